The van der Waals surface area contributed by atoms with Crippen LogP contribution in [0.25, 0.3) is 0 Å². The molecule has 0 fully saturated rings. The summed E-state index contributed by atoms with van der Waals surface area (Å²) < 4.78 is 61.2. The molecule has 10 aromatic carbocycles. The molecule has 0 unspecified atom stereocenters. The van der Waals surface area contributed by atoms with E-state index < -0.39 is 11.7 Å². The number of ether oxygens (including phenoxy) is 2. The van der Waals surface area contributed by atoms with Gasteiger partial charge >= 0.3 is 6.18 Å². The summed E-state index contributed by atoms with van der Waals surface area (Å²) in [5.41, 5.74) is 5.48. The molecule has 0 heterocycles. The van der Waals surface area contributed by atoms with Crippen LogP contribution in [0.3, 0.4) is 0 Å². The van der Waals surface area contributed by atoms with Crippen LogP contribution in [0.2, 0.25) is 0 Å². The number of thioether (sulfide) groups is 4. The van der Waals surface area contributed by atoms with Gasteiger partial charge in [0.1, 0.15) is 46.1 Å². The molecule has 5 N–H and O–H groups in total. The number of hydrogen-bond donors (Lipinski definition) is 5. The average Bonchev–Trinajstić information content (AvgIpc) is 0.850. The Kier molecular flexibility index (Phi) is 43.0. The standard InChI is InChI=1S/C19H20F3NO2S.C19H23NO3S.C19H23NO2S.C18H20FNO2S.C18H21NO3/c1-23(13-14-4-6-15(7-5-14)19(20,21)22)18(25)3-2-12-26-17-10-8-16(24)9-11-17;1-20(14-15-5-9-17(23-2)10-6-15)19(22)4-3-13-24-18-11-7-16(21)8-12-18;1-15-5-7-16(8-6-15)14-20(2)19(22)4-3-13-23-18-11-9-17(21)10-12-18;1-20(13-14-4-6-15(19)7-5-14)18(22)3-2-12-23-17-10-8-16(21)9-11-17;1-19(14-15-6-3-2-4-7-15)18(21)8-5-13-22-17-11-9-16(20)10-12-17/h4-11,24H,2-3,12-13H2,1H3;5-12,21H,3-4,13-14H2,1-2H3;5-12,21H,3-4,13-14H2,1-2H3;4-11,21H,2-3,12-13H2,1H3;2-4,6-7,9-12,20H,5,8,13-14H2,1H3. The number of halogens is 4. The highest BCUT2D eigenvalue weighted by atomic mass is 32.2. The number of carbonyl (C=O) groups excluding carboxylic acids is 5. The zero-order valence-corrected chi connectivity index (χ0v) is 71.1. The van der Waals surface area contributed by atoms with Crippen LogP contribution in [0, 0.1) is 12.7 Å². The Hall–Kier alpha value is -10.7. The second-order valence-corrected chi connectivity index (χ2v) is 32.3. The predicted molar refractivity (Wildman–Crippen MR) is 466 cm³/mol. The molecule has 17 nitrogen and oxygen atoms in total. The fraction of sp³-hybridized carbons (Fsp3) is 0.301. The first kappa shape index (κ1) is 96.1. The van der Waals surface area contributed by atoms with Crippen molar-refractivity contribution in [3.63, 3.8) is 0 Å². The minimum absolute atomic E-state index is 0.0452. The Balaban J connectivity index is 0.000000229. The lowest BCUT2D eigenvalue weighted by Gasteiger charge is -2.17. The first-order chi connectivity index (χ1) is 56.6. The molecule has 0 spiro atoms. The van der Waals surface area contributed by atoms with E-state index in [9.17, 15) is 67.1 Å². The van der Waals surface area contributed by atoms with Crippen molar-refractivity contribution < 1.29 is 76.5 Å². The molecule has 0 radical (unpaired) electrons. The van der Waals surface area contributed by atoms with Crippen LogP contribution in [0.15, 0.2) is 268 Å². The minimum atomic E-state index is -4.35. The van der Waals surface area contributed by atoms with Gasteiger partial charge in [-0.15, -0.1) is 47.0 Å². The van der Waals surface area contributed by atoms with Crippen LogP contribution in [0.1, 0.15) is 103 Å². The zero-order chi connectivity index (χ0) is 85.6. The second-order valence-electron chi connectivity index (χ2n) is 27.6. The smallest absolute Gasteiger partial charge is 0.416 e. The third-order valence-electron chi connectivity index (χ3n) is 17.7. The predicted octanol–water partition coefficient (Wildman–Crippen LogP) is 20.4. The number of amides is 5. The van der Waals surface area contributed by atoms with Crippen molar-refractivity contribution in [3.05, 3.63) is 293 Å². The topological polar surface area (TPSA) is 221 Å². The van der Waals surface area contributed by atoms with Gasteiger partial charge in [-0.25, -0.2) is 4.39 Å². The normalized spacial score (nSPS) is 10.6. The largest absolute Gasteiger partial charge is 0.508 e. The van der Waals surface area contributed by atoms with Gasteiger partial charge in [-0.2, -0.15) is 13.2 Å². The number of rotatable bonds is 36. The molecular weight excluding hydrogens is 1580 g/mol. The van der Waals surface area contributed by atoms with Gasteiger partial charge in [-0.1, -0.05) is 96.6 Å². The van der Waals surface area contributed by atoms with Gasteiger partial charge in [-0.05, 0) is 248 Å². The number of aromatic hydroxyl groups is 5. The maximum atomic E-state index is 12.9. The van der Waals surface area contributed by atoms with Crippen LogP contribution in [0.4, 0.5) is 17.6 Å². The van der Waals surface area contributed by atoms with E-state index in [2.05, 4.69) is 31.2 Å². The lowest BCUT2D eigenvalue weighted by atomic mass is 10.1. The van der Waals surface area contributed by atoms with Crippen molar-refractivity contribution in [1.29, 1.82) is 0 Å². The minimum Gasteiger partial charge on any atom is -0.508 e. The SMILES string of the molecule is CN(Cc1ccc(C(F)(F)F)cc1)C(=O)CCCSc1ccc(O)cc1.CN(Cc1ccc(F)cc1)C(=O)CCCSc1ccc(O)cc1.CN(Cc1ccccc1)C(=O)CCCOc1ccc(O)cc1.COc1ccc(CN(C)C(=O)CCCSc2ccc(O)cc2)cc1.Cc1ccc(CN(C)C(=O)CCCSc2ccc(O)cc2)cc1. The van der Waals surface area contributed by atoms with Crippen LogP contribution in [-0.4, -0.2) is 152 Å². The van der Waals surface area contributed by atoms with E-state index in [0.717, 1.165) is 102 Å². The number of aryl methyl sites for hydroxylation is 1. The number of nitrogens with zero attached hydrogens (tertiary/aromatic N) is 5. The lowest BCUT2D eigenvalue weighted by molar-refractivity contribution is -0.138. The highest BCUT2D eigenvalue weighted by molar-refractivity contribution is 8.00. The Morgan fingerprint density at radius 2 is 0.585 bits per heavy atom. The number of hydrogen-bond acceptors (Lipinski definition) is 16. The first-order valence-electron chi connectivity index (χ1n) is 38.5. The van der Waals surface area contributed by atoms with Crippen molar-refractivity contribution in [2.24, 2.45) is 0 Å². The van der Waals surface area contributed by atoms with Gasteiger partial charge in [0.25, 0.3) is 0 Å². The number of phenols is 5. The van der Waals surface area contributed by atoms with Gasteiger partial charge in [-0.3, -0.25) is 24.0 Å². The third kappa shape index (κ3) is 39.5. The molecule has 118 heavy (non-hydrogen) atoms. The number of phenolic OH excluding ortho intramolecular Hbond substituents is 5. The molecule has 0 saturated carbocycles. The molecule has 25 heteroatoms. The van der Waals surface area contributed by atoms with Gasteiger partial charge in [0.2, 0.25) is 29.5 Å². The molecule has 0 aliphatic rings. The fourth-order valence-electron chi connectivity index (χ4n) is 10.9. The third-order valence-corrected chi connectivity index (χ3v) is 22.1. The fourth-order valence-corrected chi connectivity index (χ4v) is 14.4. The van der Waals surface area contributed by atoms with Gasteiger partial charge in [0.05, 0.1) is 19.3 Å². The molecular formula is C93H107F4N5O12S4. The van der Waals surface area contributed by atoms with Gasteiger partial charge in [0, 0.05) is 120 Å². The summed E-state index contributed by atoms with van der Waals surface area (Å²) in [5.74, 6) is 6.36. The van der Waals surface area contributed by atoms with E-state index in [1.165, 1.54) is 34.7 Å². The first-order valence-corrected chi connectivity index (χ1v) is 42.4. The Morgan fingerprint density at radius 3 is 0.881 bits per heavy atom. The van der Waals surface area contributed by atoms with Crippen molar-refractivity contribution >= 4 is 76.6 Å². The summed E-state index contributed by atoms with van der Waals surface area (Å²) in [6.45, 7) is 5.20. The second kappa shape index (κ2) is 52.9. The van der Waals surface area contributed by atoms with E-state index >= 15 is 0 Å². The summed E-state index contributed by atoms with van der Waals surface area (Å²) >= 11 is 6.67. The molecule has 0 aliphatic carbocycles. The summed E-state index contributed by atoms with van der Waals surface area (Å²) in [5, 5.41) is 46.1. The number of benzene rings is 10. The van der Waals surface area contributed by atoms with Crippen LogP contribution < -0.4 is 9.47 Å². The van der Waals surface area contributed by atoms with Crippen molar-refractivity contribution in [2.75, 3.05) is 72.0 Å². The molecule has 0 aromatic heterocycles. The average molecular weight is 1690 g/mol. The van der Waals surface area contributed by atoms with E-state index in [-0.39, 0.29) is 70.6 Å². The Labute approximate surface area is 708 Å². The summed E-state index contributed by atoms with van der Waals surface area (Å²) in [6.07, 6.45) is 1.91. The number of alkyl halides is 3. The molecule has 5 amide bonds. The van der Waals surface area contributed by atoms with E-state index in [1.54, 1.807) is 173 Å². The molecule has 10 rings (SSSR count). The zero-order valence-electron chi connectivity index (χ0n) is 67.8. The summed E-state index contributed by atoms with van der Waals surface area (Å²) in [7, 11) is 10.6. The van der Waals surface area contributed by atoms with Gasteiger partial charge in [0.15, 0.2) is 0 Å². The maximum absolute atomic E-state index is 12.9. The number of carbonyl (C=O) groups is 5. The summed E-state index contributed by atoms with van der Waals surface area (Å²) in [6, 6.07) is 71.8. The van der Waals surface area contributed by atoms with E-state index in [1.807, 2.05) is 124 Å². The molecule has 0 bridgehead atoms. The van der Waals surface area contributed by atoms with Crippen molar-refractivity contribution in [3.8, 4) is 40.2 Å². The molecule has 0 aliphatic heterocycles. The van der Waals surface area contributed by atoms with E-state index in [0.29, 0.717) is 89.0 Å². The maximum Gasteiger partial charge on any atom is 0.416 e. The highest BCUT2D eigenvalue weighted by Gasteiger charge is 2.30. The molecule has 0 atom stereocenters. The monoisotopic (exact) mass is 1690 g/mol. The highest BCUT2D eigenvalue weighted by Crippen LogP contribution is 2.31. The Morgan fingerprint density at radius 1 is 0.331 bits per heavy atom. The summed E-state index contributed by atoms with van der Waals surface area (Å²) in [4.78, 5) is 73.4. The van der Waals surface area contributed by atoms with Gasteiger partial charge < -0.3 is 59.5 Å². The number of methoxy groups -OCH3 is 1. The van der Waals surface area contributed by atoms with Crippen LogP contribution >= 0.6 is 47.0 Å². The van der Waals surface area contributed by atoms with Crippen molar-refractivity contribution in [1.82, 2.24) is 24.5 Å². The van der Waals surface area contributed by atoms with Crippen LogP contribution in [0.5, 0.6) is 40.2 Å². The van der Waals surface area contributed by atoms with E-state index in [4.69, 9.17) is 9.47 Å². The quantitative estimate of drug-likeness (QED) is 0.0140. The van der Waals surface area contributed by atoms with Crippen molar-refractivity contribution in [2.45, 2.75) is 130 Å². The molecule has 10 aromatic rings. The Bertz CT molecular complexity index is 4430. The van der Waals surface area contributed by atoms with Crippen LogP contribution in [-0.2, 0) is 62.9 Å². The lowest BCUT2D eigenvalue weighted by Crippen LogP contribution is -2.26. The molecule has 628 valence electrons. The molecule has 0 saturated heterocycles.